The number of hydrogen-bond acceptors (Lipinski definition) is 4. The van der Waals surface area contributed by atoms with Gasteiger partial charge in [-0.1, -0.05) is 0 Å². The Morgan fingerprint density at radius 1 is 1.26 bits per heavy atom. The number of nitrogens with zero attached hydrogens (tertiary/aromatic N) is 1. The normalized spacial score (nSPS) is 24.2. The Morgan fingerprint density at radius 3 is 2.61 bits per heavy atom. The zero-order valence-corrected chi connectivity index (χ0v) is 15.3. The van der Waals surface area contributed by atoms with E-state index >= 15 is 0 Å². The van der Waals surface area contributed by atoms with Crippen molar-refractivity contribution in [1.29, 1.82) is 0 Å². The van der Waals surface area contributed by atoms with E-state index in [1.54, 1.807) is 7.11 Å². The first-order valence-corrected chi connectivity index (χ1v) is 9.04. The standard InChI is InChI=1S/C18H34N2O3/c1-17(2,3)23-16(21)20-11-5-6-15(7-12-20)19-14-18(8-9-18)10-13-22-4/h15,19H,5-14H2,1-4H3. The fourth-order valence-electron chi connectivity index (χ4n) is 3.18. The highest BCUT2D eigenvalue weighted by Crippen LogP contribution is 2.48. The zero-order valence-electron chi connectivity index (χ0n) is 15.3. The van der Waals surface area contributed by atoms with Crippen molar-refractivity contribution in [2.45, 2.75) is 70.9 Å². The maximum Gasteiger partial charge on any atom is 0.410 e. The lowest BCUT2D eigenvalue weighted by Gasteiger charge is -2.26. The predicted molar refractivity (Wildman–Crippen MR) is 91.6 cm³/mol. The van der Waals surface area contributed by atoms with Crippen LogP contribution in [0.5, 0.6) is 0 Å². The molecule has 5 nitrogen and oxygen atoms in total. The van der Waals surface area contributed by atoms with E-state index < -0.39 is 5.60 Å². The Hall–Kier alpha value is -0.810. The number of amides is 1. The largest absolute Gasteiger partial charge is 0.444 e. The van der Waals surface area contributed by atoms with E-state index in [2.05, 4.69) is 5.32 Å². The molecular weight excluding hydrogens is 292 g/mol. The van der Waals surface area contributed by atoms with Crippen LogP contribution in [0, 0.1) is 5.41 Å². The van der Waals surface area contributed by atoms with Crippen LogP contribution in [0.25, 0.3) is 0 Å². The Labute approximate surface area is 141 Å². The van der Waals surface area contributed by atoms with Crippen LogP contribution in [0.1, 0.15) is 59.3 Å². The second kappa shape index (κ2) is 7.84. The van der Waals surface area contributed by atoms with Crippen molar-refractivity contribution in [2.75, 3.05) is 33.4 Å². The van der Waals surface area contributed by atoms with Crippen molar-refractivity contribution in [3.05, 3.63) is 0 Å². The molecule has 0 radical (unpaired) electrons. The Morgan fingerprint density at radius 2 is 2.00 bits per heavy atom. The molecule has 0 spiro atoms. The van der Waals surface area contributed by atoms with Crippen molar-refractivity contribution in [3.63, 3.8) is 0 Å². The van der Waals surface area contributed by atoms with Gasteiger partial charge in [-0.2, -0.15) is 0 Å². The molecule has 0 bridgehead atoms. The van der Waals surface area contributed by atoms with E-state index in [9.17, 15) is 4.79 Å². The summed E-state index contributed by atoms with van der Waals surface area (Å²) in [5, 5.41) is 3.75. The van der Waals surface area contributed by atoms with Gasteiger partial charge in [-0.25, -0.2) is 4.79 Å². The van der Waals surface area contributed by atoms with Crippen molar-refractivity contribution in [2.24, 2.45) is 5.41 Å². The van der Waals surface area contributed by atoms with Gasteiger partial charge < -0.3 is 19.7 Å². The first kappa shape index (κ1) is 18.5. The highest BCUT2D eigenvalue weighted by molar-refractivity contribution is 5.68. The van der Waals surface area contributed by atoms with Gasteiger partial charge in [-0.15, -0.1) is 0 Å². The molecule has 134 valence electrons. The fraction of sp³-hybridized carbons (Fsp3) is 0.944. The molecule has 2 aliphatic rings. The lowest BCUT2D eigenvalue weighted by atomic mass is 10.0. The Balaban J connectivity index is 1.72. The average Bonchev–Trinajstić information content (AvgIpc) is 3.26. The van der Waals surface area contributed by atoms with Crippen molar-refractivity contribution < 1.29 is 14.3 Å². The SMILES string of the molecule is COCCC1(CNC2CCCN(C(=O)OC(C)(C)C)CC2)CC1. The molecule has 0 aromatic carbocycles. The molecule has 1 atom stereocenters. The molecule has 1 amide bonds. The number of ether oxygens (including phenoxy) is 2. The minimum atomic E-state index is -0.416. The van der Waals surface area contributed by atoms with Gasteiger partial charge in [0.05, 0.1) is 0 Å². The molecule has 5 heteroatoms. The monoisotopic (exact) mass is 326 g/mol. The predicted octanol–water partition coefficient (Wildman–Crippen LogP) is 3.18. The highest BCUT2D eigenvalue weighted by Gasteiger charge is 2.42. The van der Waals surface area contributed by atoms with Gasteiger partial charge in [0.1, 0.15) is 5.60 Å². The highest BCUT2D eigenvalue weighted by atomic mass is 16.6. The van der Waals surface area contributed by atoms with Crippen molar-refractivity contribution >= 4 is 6.09 Å². The minimum Gasteiger partial charge on any atom is -0.444 e. The molecule has 1 N–H and O–H groups in total. The summed E-state index contributed by atoms with van der Waals surface area (Å²) in [5.41, 5.74) is 0.0634. The summed E-state index contributed by atoms with van der Waals surface area (Å²) in [7, 11) is 1.78. The van der Waals surface area contributed by atoms with Gasteiger partial charge in [0, 0.05) is 39.4 Å². The summed E-state index contributed by atoms with van der Waals surface area (Å²) < 4.78 is 10.7. The van der Waals surface area contributed by atoms with Gasteiger partial charge in [0.2, 0.25) is 0 Å². The molecule has 1 unspecified atom stereocenters. The molecule has 1 saturated carbocycles. The maximum absolute atomic E-state index is 12.2. The minimum absolute atomic E-state index is 0.170. The number of carbonyl (C=O) groups excluding carboxylic acids is 1. The topological polar surface area (TPSA) is 50.8 Å². The summed E-state index contributed by atoms with van der Waals surface area (Å²) >= 11 is 0. The lowest BCUT2D eigenvalue weighted by Crippen LogP contribution is -2.39. The van der Waals surface area contributed by atoms with Gasteiger partial charge in [-0.05, 0) is 64.7 Å². The summed E-state index contributed by atoms with van der Waals surface area (Å²) in [5.74, 6) is 0. The van der Waals surface area contributed by atoms with E-state index in [0.717, 1.165) is 51.9 Å². The van der Waals surface area contributed by atoms with Gasteiger partial charge >= 0.3 is 6.09 Å². The summed E-state index contributed by atoms with van der Waals surface area (Å²) in [6.45, 7) is 9.30. The molecule has 1 aliphatic heterocycles. The molecule has 0 aromatic rings. The average molecular weight is 326 g/mol. The van der Waals surface area contributed by atoms with Crippen LogP contribution in [0.15, 0.2) is 0 Å². The van der Waals surface area contributed by atoms with E-state index in [1.807, 2.05) is 25.7 Å². The lowest BCUT2D eigenvalue weighted by molar-refractivity contribution is 0.0256. The van der Waals surface area contributed by atoms with Crippen LogP contribution >= 0.6 is 0 Å². The number of rotatable bonds is 6. The third-order valence-corrected chi connectivity index (χ3v) is 4.94. The van der Waals surface area contributed by atoms with Crippen molar-refractivity contribution in [3.8, 4) is 0 Å². The Kier molecular flexibility index (Phi) is 6.32. The van der Waals surface area contributed by atoms with E-state index in [4.69, 9.17) is 9.47 Å². The zero-order chi connectivity index (χ0) is 16.9. The van der Waals surface area contributed by atoms with Crippen molar-refractivity contribution in [1.82, 2.24) is 10.2 Å². The van der Waals surface area contributed by atoms with E-state index in [1.165, 1.54) is 12.8 Å². The molecule has 1 saturated heterocycles. The molecule has 0 aromatic heterocycles. The molecule has 1 aliphatic carbocycles. The quantitative estimate of drug-likeness (QED) is 0.814. The number of carbonyl (C=O) groups is 1. The van der Waals surface area contributed by atoms with Gasteiger partial charge in [-0.3, -0.25) is 0 Å². The smallest absolute Gasteiger partial charge is 0.410 e. The molecule has 1 heterocycles. The second-order valence-electron chi connectivity index (χ2n) is 8.22. The number of likely N-dealkylation sites (tertiary alicyclic amines) is 1. The van der Waals surface area contributed by atoms with Gasteiger partial charge in [0.15, 0.2) is 0 Å². The van der Waals surface area contributed by atoms with Crippen LogP contribution in [-0.2, 0) is 9.47 Å². The third kappa shape index (κ3) is 6.30. The summed E-state index contributed by atoms with van der Waals surface area (Å²) in [4.78, 5) is 14.1. The first-order chi connectivity index (χ1) is 10.8. The van der Waals surface area contributed by atoms with Crippen LogP contribution < -0.4 is 5.32 Å². The van der Waals surface area contributed by atoms with Crippen LogP contribution in [0.4, 0.5) is 4.79 Å². The Bertz CT molecular complexity index is 388. The molecule has 2 rings (SSSR count). The number of nitrogens with one attached hydrogen (secondary N) is 1. The van der Waals surface area contributed by atoms with Crippen LogP contribution in [-0.4, -0.2) is 56.0 Å². The fourth-order valence-corrected chi connectivity index (χ4v) is 3.18. The van der Waals surface area contributed by atoms with Gasteiger partial charge in [0.25, 0.3) is 0 Å². The first-order valence-electron chi connectivity index (χ1n) is 9.04. The van der Waals surface area contributed by atoms with Crippen LogP contribution in [0.2, 0.25) is 0 Å². The number of hydrogen-bond donors (Lipinski definition) is 1. The molecular formula is C18H34N2O3. The van der Waals surface area contributed by atoms with E-state index in [0.29, 0.717) is 11.5 Å². The molecule has 2 fully saturated rings. The maximum atomic E-state index is 12.2. The second-order valence-corrected chi connectivity index (χ2v) is 8.22. The molecule has 23 heavy (non-hydrogen) atoms. The van der Waals surface area contributed by atoms with E-state index in [-0.39, 0.29) is 6.09 Å². The van der Waals surface area contributed by atoms with Crippen LogP contribution in [0.3, 0.4) is 0 Å². The third-order valence-electron chi connectivity index (χ3n) is 4.94. The summed E-state index contributed by atoms with van der Waals surface area (Å²) in [6.07, 6.45) is 6.83. The summed E-state index contributed by atoms with van der Waals surface area (Å²) in [6, 6.07) is 0.516. The number of methoxy groups -OCH3 is 1.